The summed E-state index contributed by atoms with van der Waals surface area (Å²) < 4.78 is 1.01. The van der Waals surface area contributed by atoms with E-state index in [1.807, 2.05) is 48.5 Å². The molecule has 2 N–H and O–H groups in total. The van der Waals surface area contributed by atoms with E-state index < -0.39 is 0 Å². The highest BCUT2D eigenvalue weighted by Gasteiger charge is 2.07. The topological polar surface area (TPSA) is 71.1 Å². The summed E-state index contributed by atoms with van der Waals surface area (Å²) in [5.74, 6) is -0.0958. The lowest BCUT2D eigenvalue weighted by molar-refractivity contribution is -0.121. The first-order chi connectivity index (χ1) is 12.1. The predicted molar refractivity (Wildman–Crippen MR) is 101 cm³/mol. The lowest BCUT2D eigenvalue weighted by atomic mass is 10.1. The largest absolute Gasteiger partial charge is 0.352 e. The molecule has 0 aliphatic heterocycles. The van der Waals surface area contributed by atoms with Gasteiger partial charge in [-0.3, -0.25) is 9.59 Å². The SMILES string of the molecule is CC(=O)Nc1nc2ccc(CCC(=O)NCc3ccccc3)cc2s1. The normalized spacial score (nSPS) is 10.6. The highest BCUT2D eigenvalue weighted by Crippen LogP contribution is 2.27. The second-order valence-electron chi connectivity index (χ2n) is 5.76. The van der Waals surface area contributed by atoms with Crippen LogP contribution in [-0.2, 0) is 22.6 Å². The second kappa shape index (κ2) is 7.90. The van der Waals surface area contributed by atoms with Crippen molar-refractivity contribution in [2.75, 3.05) is 5.32 Å². The molecule has 0 saturated carbocycles. The van der Waals surface area contributed by atoms with Crippen molar-refractivity contribution in [3.05, 3.63) is 59.7 Å². The Balaban J connectivity index is 1.55. The highest BCUT2D eigenvalue weighted by molar-refractivity contribution is 7.22. The third-order valence-electron chi connectivity index (χ3n) is 3.71. The van der Waals surface area contributed by atoms with Gasteiger partial charge in [-0.05, 0) is 29.7 Å². The van der Waals surface area contributed by atoms with E-state index >= 15 is 0 Å². The number of thiazole rings is 1. The zero-order valence-corrected chi connectivity index (χ0v) is 14.7. The molecule has 1 aromatic heterocycles. The average molecular weight is 353 g/mol. The van der Waals surface area contributed by atoms with E-state index in [9.17, 15) is 9.59 Å². The van der Waals surface area contributed by atoms with Crippen molar-refractivity contribution < 1.29 is 9.59 Å². The number of rotatable bonds is 6. The van der Waals surface area contributed by atoms with E-state index in [-0.39, 0.29) is 11.8 Å². The molecule has 2 aromatic carbocycles. The van der Waals surface area contributed by atoms with Gasteiger partial charge in [-0.25, -0.2) is 4.98 Å². The first kappa shape index (κ1) is 17.1. The summed E-state index contributed by atoms with van der Waals surface area (Å²) in [6.07, 6.45) is 1.11. The average Bonchev–Trinajstić information content (AvgIpc) is 2.99. The Morgan fingerprint density at radius 1 is 1.08 bits per heavy atom. The van der Waals surface area contributed by atoms with Crippen LogP contribution in [-0.4, -0.2) is 16.8 Å². The van der Waals surface area contributed by atoms with Crippen molar-refractivity contribution in [1.82, 2.24) is 10.3 Å². The first-order valence-corrected chi connectivity index (χ1v) is 8.89. The van der Waals surface area contributed by atoms with Gasteiger partial charge in [-0.2, -0.15) is 0 Å². The van der Waals surface area contributed by atoms with Crippen molar-refractivity contribution in [3.8, 4) is 0 Å². The van der Waals surface area contributed by atoms with Gasteiger partial charge in [0.25, 0.3) is 0 Å². The molecule has 0 atom stereocenters. The molecule has 1 heterocycles. The molecule has 0 aliphatic carbocycles. The minimum atomic E-state index is -0.130. The maximum absolute atomic E-state index is 12.0. The van der Waals surface area contributed by atoms with Crippen LogP contribution in [0, 0.1) is 0 Å². The number of amides is 2. The van der Waals surface area contributed by atoms with Gasteiger partial charge in [0.15, 0.2) is 5.13 Å². The van der Waals surface area contributed by atoms with E-state index in [1.165, 1.54) is 18.3 Å². The zero-order valence-electron chi connectivity index (χ0n) is 13.9. The molecule has 0 spiro atoms. The summed E-state index contributed by atoms with van der Waals surface area (Å²) in [5.41, 5.74) is 3.03. The Labute approximate surface area is 150 Å². The Morgan fingerprint density at radius 2 is 1.88 bits per heavy atom. The van der Waals surface area contributed by atoms with Crippen molar-refractivity contribution in [3.63, 3.8) is 0 Å². The quantitative estimate of drug-likeness (QED) is 0.712. The molecule has 3 aromatic rings. The summed E-state index contributed by atoms with van der Waals surface area (Å²) in [5, 5.41) is 6.23. The van der Waals surface area contributed by atoms with Gasteiger partial charge >= 0.3 is 0 Å². The fraction of sp³-hybridized carbons (Fsp3) is 0.211. The summed E-state index contributed by atoms with van der Waals surface area (Å²) >= 11 is 1.44. The van der Waals surface area contributed by atoms with E-state index in [0.29, 0.717) is 24.5 Å². The summed E-state index contributed by atoms with van der Waals surface area (Å²) in [6, 6.07) is 15.8. The number of carbonyl (C=O) groups excluding carboxylic acids is 2. The van der Waals surface area contributed by atoms with Crippen LogP contribution in [0.1, 0.15) is 24.5 Å². The number of nitrogens with one attached hydrogen (secondary N) is 2. The molecule has 0 unspecified atom stereocenters. The van der Waals surface area contributed by atoms with E-state index in [2.05, 4.69) is 15.6 Å². The molecule has 0 bridgehead atoms. The number of hydrogen-bond donors (Lipinski definition) is 2. The standard InChI is InChI=1S/C19H19N3O2S/c1-13(23)21-19-22-16-9-7-14(11-17(16)25-19)8-10-18(24)20-12-15-5-3-2-4-6-15/h2-7,9,11H,8,10,12H2,1H3,(H,20,24)(H,21,22,23). The van der Waals surface area contributed by atoms with E-state index in [1.54, 1.807) is 0 Å². The van der Waals surface area contributed by atoms with Crippen molar-refractivity contribution in [2.24, 2.45) is 0 Å². The highest BCUT2D eigenvalue weighted by atomic mass is 32.1. The molecule has 0 fully saturated rings. The predicted octanol–water partition coefficient (Wildman–Crippen LogP) is 3.50. The fourth-order valence-corrected chi connectivity index (χ4v) is 3.45. The van der Waals surface area contributed by atoms with Gasteiger partial charge < -0.3 is 10.6 Å². The molecular formula is C19H19N3O2S. The molecule has 6 heteroatoms. The van der Waals surface area contributed by atoms with E-state index in [4.69, 9.17) is 0 Å². The van der Waals surface area contributed by atoms with Crippen LogP contribution in [0.3, 0.4) is 0 Å². The molecule has 128 valence electrons. The Morgan fingerprint density at radius 3 is 2.64 bits per heavy atom. The molecular weight excluding hydrogens is 334 g/mol. The van der Waals surface area contributed by atoms with Crippen LogP contribution in [0.4, 0.5) is 5.13 Å². The number of aryl methyl sites for hydroxylation is 1. The van der Waals surface area contributed by atoms with Crippen LogP contribution >= 0.6 is 11.3 Å². The van der Waals surface area contributed by atoms with Crippen LogP contribution in [0.25, 0.3) is 10.2 Å². The smallest absolute Gasteiger partial charge is 0.223 e. The van der Waals surface area contributed by atoms with Crippen LogP contribution in [0.5, 0.6) is 0 Å². The van der Waals surface area contributed by atoms with E-state index in [0.717, 1.165) is 21.3 Å². The number of benzene rings is 2. The number of aromatic nitrogens is 1. The first-order valence-electron chi connectivity index (χ1n) is 8.08. The third kappa shape index (κ3) is 4.87. The van der Waals surface area contributed by atoms with Crippen molar-refractivity contribution in [2.45, 2.75) is 26.3 Å². The Bertz CT molecular complexity index is 890. The number of hydrogen-bond acceptors (Lipinski definition) is 4. The molecule has 3 rings (SSSR count). The van der Waals surface area contributed by atoms with Gasteiger partial charge in [0, 0.05) is 19.9 Å². The van der Waals surface area contributed by atoms with Gasteiger partial charge in [-0.15, -0.1) is 0 Å². The minimum absolute atomic E-state index is 0.0344. The second-order valence-corrected chi connectivity index (χ2v) is 6.80. The Kier molecular flexibility index (Phi) is 5.40. The number of nitrogens with zero attached hydrogens (tertiary/aromatic N) is 1. The Hall–Kier alpha value is -2.73. The minimum Gasteiger partial charge on any atom is -0.352 e. The van der Waals surface area contributed by atoms with Gasteiger partial charge in [0.1, 0.15) is 0 Å². The monoisotopic (exact) mass is 353 g/mol. The molecule has 2 amide bonds. The van der Waals surface area contributed by atoms with Crippen LogP contribution in [0.2, 0.25) is 0 Å². The molecule has 0 aliphatic rings. The number of anilines is 1. The van der Waals surface area contributed by atoms with Crippen molar-refractivity contribution >= 4 is 38.5 Å². The molecule has 25 heavy (non-hydrogen) atoms. The van der Waals surface area contributed by atoms with Gasteiger partial charge in [-0.1, -0.05) is 47.7 Å². The summed E-state index contributed by atoms with van der Waals surface area (Å²) in [6.45, 7) is 2.01. The number of carbonyl (C=O) groups is 2. The lowest BCUT2D eigenvalue weighted by Gasteiger charge is -2.05. The molecule has 0 saturated heterocycles. The molecule has 0 radical (unpaired) electrons. The van der Waals surface area contributed by atoms with Gasteiger partial charge in [0.05, 0.1) is 10.2 Å². The van der Waals surface area contributed by atoms with Crippen molar-refractivity contribution in [1.29, 1.82) is 0 Å². The van der Waals surface area contributed by atoms with Gasteiger partial charge in [0.2, 0.25) is 11.8 Å². The third-order valence-corrected chi connectivity index (χ3v) is 4.64. The van der Waals surface area contributed by atoms with Crippen LogP contribution in [0.15, 0.2) is 48.5 Å². The number of fused-ring (bicyclic) bond motifs is 1. The summed E-state index contributed by atoms with van der Waals surface area (Å²) in [7, 11) is 0. The van der Waals surface area contributed by atoms with Crippen LogP contribution < -0.4 is 10.6 Å². The lowest BCUT2D eigenvalue weighted by Crippen LogP contribution is -2.22. The maximum Gasteiger partial charge on any atom is 0.223 e. The summed E-state index contributed by atoms with van der Waals surface area (Å²) in [4.78, 5) is 27.5. The maximum atomic E-state index is 12.0. The fourth-order valence-electron chi connectivity index (χ4n) is 2.47. The zero-order chi connectivity index (χ0) is 17.6. The molecule has 5 nitrogen and oxygen atoms in total.